The first-order valence-electron chi connectivity index (χ1n) is 6.78. The van der Waals surface area contributed by atoms with Crippen LogP contribution in [0.2, 0.25) is 0 Å². The van der Waals surface area contributed by atoms with Gasteiger partial charge < -0.3 is 15.5 Å². The van der Waals surface area contributed by atoms with Gasteiger partial charge in [-0.2, -0.15) is 0 Å². The number of nitrogens with two attached hydrogens (primary N) is 1. The number of H-pyrrole nitrogens is 1. The lowest BCUT2D eigenvalue weighted by Gasteiger charge is -2.06. The minimum absolute atomic E-state index is 0.222. The number of benzene rings is 2. The highest BCUT2D eigenvalue weighted by molar-refractivity contribution is 5.92. The number of aromatic amines is 1. The van der Waals surface area contributed by atoms with Gasteiger partial charge in [0.15, 0.2) is 6.61 Å². The minimum atomic E-state index is -0.498. The molecular weight excluding hydrogens is 282 g/mol. The number of nitrogens with one attached hydrogen (secondary N) is 1. The van der Waals surface area contributed by atoms with E-state index in [0.717, 1.165) is 10.1 Å². The molecule has 0 radical (unpaired) electrons. The number of fused-ring (bicyclic) bond motifs is 1. The first kappa shape index (κ1) is 13.9. The fourth-order valence-corrected chi connectivity index (χ4v) is 2.25. The van der Waals surface area contributed by atoms with Crippen LogP contribution in [0.4, 0.5) is 5.69 Å². The van der Waals surface area contributed by atoms with Crippen molar-refractivity contribution < 1.29 is 9.53 Å². The van der Waals surface area contributed by atoms with Crippen LogP contribution in [-0.2, 0) is 0 Å². The number of nitrogens with zero attached hydrogens (tertiary/aromatic N) is 1. The van der Waals surface area contributed by atoms with Gasteiger partial charge in [-0.25, -0.2) is 9.36 Å². The van der Waals surface area contributed by atoms with Crippen LogP contribution in [0.15, 0.2) is 47.3 Å². The second-order valence-corrected chi connectivity index (χ2v) is 4.99. The molecule has 6 heteroatoms. The van der Waals surface area contributed by atoms with E-state index >= 15 is 0 Å². The molecule has 0 spiro atoms. The molecule has 3 rings (SSSR count). The Kier molecular flexibility index (Phi) is 3.42. The maximum Gasteiger partial charge on any atom is 0.333 e. The molecule has 0 aliphatic heterocycles. The van der Waals surface area contributed by atoms with Crippen LogP contribution in [-0.4, -0.2) is 22.1 Å². The van der Waals surface area contributed by atoms with Crippen molar-refractivity contribution in [2.45, 2.75) is 6.92 Å². The van der Waals surface area contributed by atoms with E-state index in [9.17, 15) is 9.59 Å². The van der Waals surface area contributed by atoms with Crippen LogP contribution in [0.1, 0.15) is 10.4 Å². The Labute approximate surface area is 126 Å². The van der Waals surface area contributed by atoms with Crippen molar-refractivity contribution in [2.75, 3.05) is 12.3 Å². The van der Waals surface area contributed by atoms with Crippen molar-refractivity contribution in [3.8, 4) is 5.75 Å². The minimum Gasteiger partial charge on any atom is -0.484 e. The van der Waals surface area contributed by atoms with Crippen molar-refractivity contribution in [3.05, 3.63) is 58.5 Å². The summed E-state index contributed by atoms with van der Waals surface area (Å²) >= 11 is 0. The molecule has 6 nitrogen and oxygen atoms in total. The smallest absolute Gasteiger partial charge is 0.333 e. The highest BCUT2D eigenvalue weighted by atomic mass is 16.5. The van der Waals surface area contributed by atoms with Gasteiger partial charge in [-0.15, -0.1) is 0 Å². The van der Waals surface area contributed by atoms with Gasteiger partial charge in [-0.05, 0) is 36.8 Å². The SMILES string of the molecule is Cc1cc2c(cc1N)[nH]c(=O)n2C(=O)COc1ccccc1. The quantitative estimate of drug-likeness (QED) is 0.723. The summed E-state index contributed by atoms with van der Waals surface area (Å²) < 4.78 is 6.48. The average Bonchev–Trinajstić information content (AvgIpc) is 2.81. The van der Waals surface area contributed by atoms with Gasteiger partial charge in [0.1, 0.15) is 5.75 Å². The molecule has 0 saturated carbocycles. The molecule has 3 N–H and O–H groups in total. The van der Waals surface area contributed by atoms with Gasteiger partial charge in [-0.1, -0.05) is 18.2 Å². The molecule has 0 unspecified atom stereocenters. The summed E-state index contributed by atoms with van der Waals surface area (Å²) in [6.07, 6.45) is 0. The highest BCUT2D eigenvalue weighted by Crippen LogP contribution is 2.19. The van der Waals surface area contributed by atoms with Crippen LogP contribution in [0.3, 0.4) is 0 Å². The van der Waals surface area contributed by atoms with Crippen LogP contribution in [0.5, 0.6) is 5.75 Å². The molecule has 0 aliphatic rings. The van der Waals surface area contributed by atoms with Gasteiger partial charge in [0.25, 0.3) is 5.91 Å². The average molecular weight is 297 g/mol. The zero-order chi connectivity index (χ0) is 15.7. The Bertz CT molecular complexity index is 894. The number of carbonyl (C=O) groups excluding carboxylic acids is 1. The fraction of sp³-hybridized carbons (Fsp3) is 0.125. The lowest BCUT2D eigenvalue weighted by atomic mass is 10.2. The fourth-order valence-electron chi connectivity index (χ4n) is 2.25. The number of aromatic nitrogens is 2. The largest absolute Gasteiger partial charge is 0.484 e. The summed E-state index contributed by atoms with van der Waals surface area (Å²) in [4.78, 5) is 26.9. The Hall–Kier alpha value is -3.02. The van der Waals surface area contributed by atoms with Crippen LogP contribution >= 0.6 is 0 Å². The summed E-state index contributed by atoms with van der Waals surface area (Å²) in [7, 11) is 0. The third-order valence-corrected chi connectivity index (χ3v) is 3.42. The van der Waals surface area contributed by atoms with Crippen LogP contribution < -0.4 is 16.2 Å². The van der Waals surface area contributed by atoms with E-state index in [2.05, 4.69) is 4.98 Å². The van der Waals surface area contributed by atoms with Gasteiger partial charge in [0.05, 0.1) is 11.0 Å². The van der Waals surface area contributed by atoms with E-state index in [-0.39, 0.29) is 6.61 Å². The summed E-state index contributed by atoms with van der Waals surface area (Å²) in [5.74, 6) is 0.133. The number of hydrogen-bond donors (Lipinski definition) is 2. The first-order chi connectivity index (χ1) is 10.6. The second kappa shape index (κ2) is 5.40. The predicted octanol–water partition coefficient (Wildman–Crippen LogP) is 1.94. The number of imidazole rings is 1. The molecule has 0 amide bonds. The van der Waals surface area contributed by atoms with Crippen molar-refractivity contribution in [1.82, 2.24) is 9.55 Å². The van der Waals surface area contributed by atoms with Gasteiger partial charge >= 0.3 is 5.69 Å². The van der Waals surface area contributed by atoms with Gasteiger partial charge in [-0.3, -0.25) is 4.79 Å². The van der Waals surface area contributed by atoms with Crippen molar-refractivity contribution in [1.29, 1.82) is 0 Å². The van der Waals surface area contributed by atoms with Gasteiger partial charge in [0.2, 0.25) is 0 Å². The summed E-state index contributed by atoms with van der Waals surface area (Å²) in [5, 5.41) is 0. The summed E-state index contributed by atoms with van der Waals surface area (Å²) in [6.45, 7) is 1.60. The van der Waals surface area contributed by atoms with Crippen LogP contribution in [0, 0.1) is 6.92 Å². The van der Waals surface area contributed by atoms with E-state index in [1.807, 2.05) is 25.1 Å². The summed E-state index contributed by atoms with van der Waals surface area (Å²) in [6, 6.07) is 12.3. The topological polar surface area (TPSA) is 90.1 Å². The molecule has 0 bridgehead atoms. The normalized spacial score (nSPS) is 10.8. The third kappa shape index (κ3) is 2.46. The zero-order valence-corrected chi connectivity index (χ0v) is 12.0. The molecule has 0 saturated heterocycles. The number of nitrogen functional groups attached to an aromatic ring is 1. The monoisotopic (exact) mass is 297 g/mol. The molecule has 22 heavy (non-hydrogen) atoms. The second-order valence-electron chi connectivity index (χ2n) is 4.99. The molecule has 1 heterocycles. The highest BCUT2D eigenvalue weighted by Gasteiger charge is 2.15. The lowest BCUT2D eigenvalue weighted by Crippen LogP contribution is -2.28. The number of rotatable bonds is 3. The standard InChI is InChI=1S/C16H15N3O3/c1-10-7-14-13(8-12(10)17)18-16(21)19(14)15(20)9-22-11-5-3-2-4-6-11/h2-8H,9,17H2,1H3,(H,18,21). The Morgan fingerprint density at radius 3 is 2.73 bits per heavy atom. The van der Waals surface area contributed by atoms with Crippen molar-refractivity contribution in [2.24, 2.45) is 0 Å². The number of para-hydroxylation sites is 1. The van der Waals surface area contributed by atoms with Crippen molar-refractivity contribution >= 4 is 22.6 Å². The first-order valence-corrected chi connectivity index (χ1v) is 6.78. The van der Waals surface area contributed by atoms with E-state index in [1.54, 1.807) is 24.3 Å². The Balaban J connectivity index is 1.92. The third-order valence-electron chi connectivity index (χ3n) is 3.42. The van der Waals surface area contributed by atoms with Crippen LogP contribution in [0.25, 0.3) is 11.0 Å². The molecule has 1 aromatic heterocycles. The molecule has 112 valence electrons. The number of carbonyl (C=O) groups is 1. The lowest BCUT2D eigenvalue weighted by molar-refractivity contribution is 0.0839. The number of ether oxygens (including phenoxy) is 1. The van der Waals surface area contributed by atoms with Gasteiger partial charge in [0, 0.05) is 5.69 Å². The molecule has 0 fully saturated rings. The Morgan fingerprint density at radius 2 is 2.00 bits per heavy atom. The van der Waals surface area contributed by atoms with E-state index in [4.69, 9.17) is 10.5 Å². The zero-order valence-electron chi connectivity index (χ0n) is 12.0. The maximum absolute atomic E-state index is 12.3. The predicted molar refractivity (Wildman–Crippen MR) is 84.3 cm³/mol. The molecule has 2 aromatic carbocycles. The number of aryl methyl sites for hydroxylation is 1. The number of hydrogen-bond acceptors (Lipinski definition) is 4. The number of anilines is 1. The van der Waals surface area contributed by atoms with E-state index in [1.165, 1.54) is 0 Å². The van der Waals surface area contributed by atoms with E-state index < -0.39 is 11.6 Å². The molecular formula is C16H15N3O3. The Morgan fingerprint density at radius 1 is 1.27 bits per heavy atom. The van der Waals surface area contributed by atoms with Crippen molar-refractivity contribution in [3.63, 3.8) is 0 Å². The molecule has 0 atom stereocenters. The molecule has 0 aliphatic carbocycles. The maximum atomic E-state index is 12.3. The van der Waals surface area contributed by atoms with E-state index in [0.29, 0.717) is 22.5 Å². The molecule has 3 aromatic rings. The summed E-state index contributed by atoms with van der Waals surface area (Å²) in [5.41, 5.74) is 7.71.